The van der Waals surface area contributed by atoms with Crippen LogP contribution in [0.15, 0.2) is 122 Å². The first kappa shape index (κ1) is 88.4. The molecule has 3 heterocycles. The van der Waals surface area contributed by atoms with Gasteiger partial charge in [0.25, 0.3) is 0 Å². The Kier molecular flexibility index (Phi) is 52.9. The fraction of sp³-hybridized carbons (Fsp3) is 0.734. The smallest absolute Gasteiger partial charge is 0.220 e. The quantitative estimate of drug-likeness (QED) is 0.0199. The summed E-state index contributed by atoms with van der Waals surface area (Å²) >= 11 is 0. The van der Waals surface area contributed by atoms with Crippen molar-refractivity contribution < 1.29 is 89.4 Å². The van der Waals surface area contributed by atoms with Crippen LogP contribution in [-0.4, -0.2) is 193 Å². The van der Waals surface area contributed by atoms with Crippen molar-refractivity contribution >= 4 is 5.91 Å². The number of hydrogen-bond donors (Lipinski definition) is 12. The maximum Gasteiger partial charge on any atom is 0.220 e. The molecule has 0 bridgehead atoms. The predicted octanol–water partition coefficient (Wildman–Crippen LogP) is 11.6. The summed E-state index contributed by atoms with van der Waals surface area (Å²) in [7, 11) is 0. The second-order valence-corrected chi connectivity index (χ2v) is 26.4. The van der Waals surface area contributed by atoms with Crippen molar-refractivity contribution in [3.63, 3.8) is 0 Å². The summed E-state index contributed by atoms with van der Waals surface area (Å²) in [5.41, 5.74) is 0. The Balaban J connectivity index is 1.41. The zero-order valence-corrected chi connectivity index (χ0v) is 59.7. The third-order valence-corrected chi connectivity index (χ3v) is 18.1. The highest BCUT2D eigenvalue weighted by atomic mass is 16.8. The fourth-order valence-corrected chi connectivity index (χ4v) is 12.0. The van der Waals surface area contributed by atoms with Gasteiger partial charge in [0.1, 0.15) is 73.2 Å². The van der Waals surface area contributed by atoms with Gasteiger partial charge in [-0.15, -0.1) is 0 Å². The zero-order chi connectivity index (χ0) is 71.1. The molecular weight excluding hydrogens is 1250 g/mol. The van der Waals surface area contributed by atoms with Gasteiger partial charge >= 0.3 is 0 Å². The number of rotatable bonds is 57. The summed E-state index contributed by atoms with van der Waals surface area (Å²) < 4.78 is 34.4. The second-order valence-electron chi connectivity index (χ2n) is 26.4. The largest absolute Gasteiger partial charge is 0.394 e. The SMILES string of the molecule is CC/C=C\C/C=C\C/C=C\C/C=C\C/C=C\C/C=C\C/C=C\C/C=C\C/C=C\C/C=C\CCCCC(=O)NC(COC1OC(CO)C(OC2OC(CO)C(OC3OC(CO)C(O)C(O)C3O)C(O)C2O)C(O)C1O)C(O)CCCCCCCCCCCCCCCCCCCCCC. The molecule has 0 saturated carbocycles. The van der Waals surface area contributed by atoms with E-state index >= 15 is 0 Å². The van der Waals surface area contributed by atoms with Gasteiger partial charge in [0.15, 0.2) is 18.9 Å². The Hall–Kier alpha value is -3.81. The van der Waals surface area contributed by atoms with E-state index in [4.69, 9.17) is 28.4 Å². The minimum atomic E-state index is -1.98. The van der Waals surface area contributed by atoms with Crippen LogP contribution in [0.3, 0.4) is 0 Å². The Bertz CT molecular complexity index is 2250. The first-order chi connectivity index (χ1) is 47.8. The van der Waals surface area contributed by atoms with Crippen LogP contribution in [0.2, 0.25) is 0 Å². The number of aliphatic hydroxyl groups is 11. The second kappa shape index (κ2) is 58.7. The van der Waals surface area contributed by atoms with E-state index in [-0.39, 0.29) is 18.9 Å². The molecule has 3 aliphatic rings. The van der Waals surface area contributed by atoms with Crippen LogP contribution in [0, 0.1) is 0 Å². The summed E-state index contributed by atoms with van der Waals surface area (Å²) in [6.45, 7) is 1.66. The third kappa shape index (κ3) is 39.0. The normalized spacial score (nSPS) is 27.5. The van der Waals surface area contributed by atoms with Crippen LogP contribution in [0.4, 0.5) is 0 Å². The summed E-state index contributed by atoms with van der Waals surface area (Å²) in [6, 6.07) is -0.921. The van der Waals surface area contributed by atoms with Crippen LogP contribution < -0.4 is 5.32 Å². The van der Waals surface area contributed by atoms with Gasteiger partial charge < -0.3 is 89.9 Å². The number of unbranched alkanes of at least 4 members (excludes halogenated alkanes) is 21. The lowest BCUT2D eigenvalue weighted by molar-refractivity contribution is -0.379. The summed E-state index contributed by atoms with van der Waals surface area (Å²) in [5, 5.41) is 121. The van der Waals surface area contributed by atoms with Crippen LogP contribution in [-0.2, 0) is 33.2 Å². The molecule has 0 aromatic heterocycles. The van der Waals surface area contributed by atoms with Gasteiger partial charge in [-0.2, -0.15) is 0 Å². The Morgan fingerprint density at radius 2 is 0.704 bits per heavy atom. The number of amides is 1. The highest BCUT2D eigenvalue weighted by Gasteiger charge is 2.53. The average molecular weight is 1380 g/mol. The van der Waals surface area contributed by atoms with E-state index in [1.807, 2.05) is 0 Å². The summed E-state index contributed by atoms with van der Waals surface area (Å²) in [4.78, 5) is 13.5. The highest BCUT2D eigenvalue weighted by Crippen LogP contribution is 2.33. The molecule has 562 valence electrons. The summed E-state index contributed by atoms with van der Waals surface area (Å²) in [6.07, 6.45) is 54.1. The molecule has 0 aliphatic carbocycles. The van der Waals surface area contributed by atoms with Crippen molar-refractivity contribution in [1.29, 1.82) is 0 Å². The van der Waals surface area contributed by atoms with Crippen molar-refractivity contribution in [2.45, 2.75) is 343 Å². The molecule has 0 spiro atoms. The van der Waals surface area contributed by atoms with Gasteiger partial charge in [-0.05, 0) is 89.9 Å². The molecule has 17 unspecified atom stereocenters. The molecule has 0 radical (unpaired) electrons. The lowest BCUT2D eigenvalue weighted by Crippen LogP contribution is -2.66. The molecular formula is C79H133NO18. The van der Waals surface area contributed by atoms with E-state index in [9.17, 15) is 61.0 Å². The maximum absolute atomic E-state index is 13.5. The average Bonchev–Trinajstić information content (AvgIpc) is 0.782. The van der Waals surface area contributed by atoms with Crippen LogP contribution in [0.5, 0.6) is 0 Å². The number of hydrogen-bond acceptors (Lipinski definition) is 18. The molecule has 12 N–H and O–H groups in total. The maximum atomic E-state index is 13.5. The molecule has 17 atom stereocenters. The van der Waals surface area contributed by atoms with Gasteiger partial charge in [0.2, 0.25) is 5.91 Å². The lowest BCUT2D eigenvalue weighted by Gasteiger charge is -2.48. The molecule has 3 aliphatic heterocycles. The summed E-state index contributed by atoms with van der Waals surface area (Å²) in [5.74, 6) is -0.288. The molecule has 3 rings (SSSR count). The topological polar surface area (TPSA) is 307 Å². The van der Waals surface area contributed by atoms with E-state index in [1.165, 1.54) is 103 Å². The van der Waals surface area contributed by atoms with Gasteiger partial charge in [0.05, 0.1) is 38.6 Å². The minimum Gasteiger partial charge on any atom is -0.394 e. The van der Waals surface area contributed by atoms with E-state index in [0.717, 1.165) is 96.3 Å². The molecule has 19 nitrogen and oxygen atoms in total. The molecule has 0 aromatic carbocycles. The minimum absolute atomic E-state index is 0.203. The molecule has 98 heavy (non-hydrogen) atoms. The first-order valence-electron chi connectivity index (χ1n) is 37.8. The molecule has 19 heteroatoms. The van der Waals surface area contributed by atoms with Gasteiger partial charge in [-0.1, -0.05) is 264 Å². The number of ether oxygens (including phenoxy) is 6. The molecule has 1 amide bonds. The van der Waals surface area contributed by atoms with Gasteiger partial charge in [-0.3, -0.25) is 4.79 Å². The number of carbonyl (C=O) groups is 1. The first-order valence-corrected chi connectivity index (χ1v) is 37.8. The fourth-order valence-electron chi connectivity index (χ4n) is 12.0. The molecule has 0 aromatic rings. The van der Waals surface area contributed by atoms with E-state index in [0.29, 0.717) is 19.3 Å². The van der Waals surface area contributed by atoms with Crippen LogP contribution >= 0.6 is 0 Å². The van der Waals surface area contributed by atoms with Crippen LogP contribution in [0.25, 0.3) is 0 Å². The Morgan fingerprint density at radius 3 is 1.08 bits per heavy atom. The molecule has 3 saturated heterocycles. The monoisotopic (exact) mass is 1380 g/mol. The number of allylic oxidation sites excluding steroid dienone is 20. The van der Waals surface area contributed by atoms with Crippen molar-refractivity contribution in [2.24, 2.45) is 0 Å². The third-order valence-electron chi connectivity index (χ3n) is 18.1. The van der Waals surface area contributed by atoms with Gasteiger partial charge in [0, 0.05) is 6.42 Å². The predicted molar refractivity (Wildman–Crippen MR) is 387 cm³/mol. The number of aliphatic hydroxyl groups excluding tert-OH is 11. The van der Waals surface area contributed by atoms with E-state index < -0.39 is 124 Å². The van der Waals surface area contributed by atoms with Crippen molar-refractivity contribution in [2.75, 3.05) is 26.4 Å². The zero-order valence-electron chi connectivity index (χ0n) is 59.7. The Labute approximate surface area is 588 Å². The van der Waals surface area contributed by atoms with E-state index in [2.05, 4.69) is 141 Å². The standard InChI is InChI=1S/C79H133NO18/c1-3-5-7-9-11-13-15-17-19-21-23-25-26-27-28-29-30-31-32-33-34-35-36-37-39-41-43-45-47-49-51-53-55-57-67(85)80-62(63(84)56-54-52-50-48-46-44-42-40-38-24-22-20-18-16-14-12-10-8-6-4-2)61-93-77-73(91)70(88)75(65(59-82)95-77)98-79-74(92)71(89)76(66(60-83)96-79)97-78-72(90)69(87)68(86)64(58-81)94-78/h5,7,11,13,17,19,23,25,27-28,30-31,33-34,36-37,41,43,47,49,62-66,68-79,81-84,86-92H,3-4,6,8-10,12,14-16,18,20-22,24,26,29,32,35,38-40,42,44-46,48,50-61H2,1-2H3,(H,80,85)/b7-5-,13-11-,19-17-,25-23-,28-27-,31-30-,34-33-,37-36-,43-41-,49-47-. The highest BCUT2D eigenvalue weighted by molar-refractivity contribution is 5.76. The van der Waals surface area contributed by atoms with Gasteiger partial charge in [-0.25, -0.2) is 0 Å². The number of carbonyl (C=O) groups excluding carboxylic acids is 1. The van der Waals surface area contributed by atoms with Crippen LogP contribution in [0.1, 0.15) is 239 Å². The Morgan fingerprint density at radius 1 is 0.378 bits per heavy atom. The molecule has 3 fully saturated rings. The van der Waals surface area contributed by atoms with E-state index in [1.54, 1.807) is 0 Å². The van der Waals surface area contributed by atoms with Crippen molar-refractivity contribution in [3.8, 4) is 0 Å². The van der Waals surface area contributed by atoms with Crippen molar-refractivity contribution in [3.05, 3.63) is 122 Å². The lowest BCUT2D eigenvalue weighted by atomic mass is 9.96. The number of nitrogens with one attached hydrogen (secondary N) is 1. The van der Waals surface area contributed by atoms with Crippen molar-refractivity contribution in [1.82, 2.24) is 5.32 Å².